The second-order valence-electron chi connectivity index (χ2n) is 5.30. The van der Waals surface area contributed by atoms with Crippen molar-refractivity contribution >= 4 is 23.2 Å². The maximum absolute atomic E-state index is 6.40. The Kier molecular flexibility index (Phi) is 5.52. The van der Waals surface area contributed by atoms with Crippen LogP contribution in [-0.4, -0.2) is 31.6 Å². The van der Waals surface area contributed by atoms with Crippen LogP contribution in [0.5, 0.6) is 0 Å². The molecule has 0 spiro atoms. The fourth-order valence-corrected chi connectivity index (χ4v) is 3.56. The van der Waals surface area contributed by atoms with Crippen LogP contribution >= 0.6 is 23.2 Å². The van der Waals surface area contributed by atoms with Gasteiger partial charge in [-0.05, 0) is 63.1 Å². The summed E-state index contributed by atoms with van der Waals surface area (Å²) in [6.45, 7) is 5.34. The highest BCUT2D eigenvalue weighted by Gasteiger charge is 2.31. The lowest BCUT2D eigenvalue weighted by Gasteiger charge is -2.40. The zero-order valence-electron chi connectivity index (χ0n) is 11.6. The average molecular weight is 301 g/mol. The molecule has 2 rings (SSSR count). The Labute approximate surface area is 126 Å². The van der Waals surface area contributed by atoms with Crippen LogP contribution < -0.4 is 5.32 Å². The molecule has 1 fully saturated rings. The quantitative estimate of drug-likeness (QED) is 0.904. The molecule has 1 aromatic rings. The van der Waals surface area contributed by atoms with E-state index in [1.54, 1.807) is 0 Å². The standard InChI is InChI=1S/C15H22Cl2N2/c1-3-18-10-11-5-4-8-19(2)15(11)13-7-6-12(16)9-14(13)17/h6-7,9,11,15,18H,3-5,8,10H2,1-2H3. The number of nitrogens with zero attached hydrogens (tertiary/aromatic N) is 1. The highest BCUT2D eigenvalue weighted by molar-refractivity contribution is 6.35. The summed E-state index contributed by atoms with van der Waals surface area (Å²) in [6, 6.07) is 6.26. The van der Waals surface area contributed by atoms with Crippen LogP contribution in [0.15, 0.2) is 18.2 Å². The molecule has 1 N–H and O–H groups in total. The SMILES string of the molecule is CCNCC1CCCN(C)C1c1ccc(Cl)cc1Cl. The molecular weight excluding hydrogens is 279 g/mol. The zero-order valence-corrected chi connectivity index (χ0v) is 13.1. The van der Waals surface area contributed by atoms with E-state index in [2.05, 4.69) is 30.3 Å². The molecule has 19 heavy (non-hydrogen) atoms. The second-order valence-corrected chi connectivity index (χ2v) is 6.14. The first-order valence-electron chi connectivity index (χ1n) is 6.99. The maximum atomic E-state index is 6.40. The van der Waals surface area contributed by atoms with Crippen LogP contribution in [0.4, 0.5) is 0 Å². The van der Waals surface area contributed by atoms with Gasteiger partial charge in [0.15, 0.2) is 0 Å². The molecule has 1 aliphatic heterocycles. The molecule has 1 heterocycles. The summed E-state index contributed by atoms with van der Waals surface area (Å²) < 4.78 is 0. The van der Waals surface area contributed by atoms with E-state index in [9.17, 15) is 0 Å². The molecule has 1 aromatic carbocycles. The first kappa shape index (κ1) is 15.1. The lowest BCUT2D eigenvalue weighted by atomic mass is 9.85. The number of hydrogen-bond acceptors (Lipinski definition) is 2. The van der Waals surface area contributed by atoms with Gasteiger partial charge < -0.3 is 5.32 Å². The van der Waals surface area contributed by atoms with E-state index < -0.39 is 0 Å². The summed E-state index contributed by atoms with van der Waals surface area (Å²) in [5.74, 6) is 0.609. The summed E-state index contributed by atoms with van der Waals surface area (Å²) in [4.78, 5) is 2.42. The van der Waals surface area contributed by atoms with Crippen molar-refractivity contribution in [2.45, 2.75) is 25.8 Å². The van der Waals surface area contributed by atoms with E-state index in [0.717, 1.165) is 24.7 Å². The third-order valence-electron chi connectivity index (χ3n) is 3.94. The van der Waals surface area contributed by atoms with Crippen LogP contribution in [0.2, 0.25) is 10.0 Å². The van der Waals surface area contributed by atoms with Gasteiger partial charge in [-0.3, -0.25) is 4.90 Å². The molecule has 2 unspecified atom stereocenters. The van der Waals surface area contributed by atoms with Gasteiger partial charge in [0, 0.05) is 16.1 Å². The van der Waals surface area contributed by atoms with Crippen molar-refractivity contribution in [3.63, 3.8) is 0 Å². The molecule has 1 aliphatic rings. The molecule has 106 valence electrons. The summed E-state index contributed by atoms with van der Waals surface area (Å²) in [5.41, 5.74) is 1.20. The molecule has 0 amide bonds. The average Bonchev–Trinajstić information content (AvgIpc) is 2.37. The van der Waals surface area contributed by atoms with E-state index in [0.29, 0.717) is 17.0 Å². The van der Waals surface area contributed by atoms with E-state index in [-0.39, 0.29) is 0 Å². The fourth-order valence-electron chi connectivity index (χ4n) is 3.04. The third kappa shape index (κ3) is 3.63. The van der Waals surface area contributed by atoms with Crippen molar-refractivity contribution in [3.8, 4) is 0 Å². The molecule has 0 radical (unpaired) electrons. The number of halogens is 2. The molecular formula is C15H22Cl2N2. The first-order chi connectivity index (χ1) is 9.13. The van der Waals surface area contributed by atoms with Crippen molar-refractivity contribution in [3.05, 3.63) is 33.8 Å². The topological polar surface area (TPSA) is 15.3 Å². The molecule has 2 atom stereocenters. The number of nitrogens with one attached hydrogen (secondary N) is 1. The number of piperidine rings is 1. The summed E-state index contributed by atoms with van der Waals surface area (Å²) in [5, 5.41) is 4.96. The van der Waals surface area contributed by atoms with Crippen molar-refractivity contribution in [2.75, 3.05) is 26.7 Å². The van der Waals surface area contributed by atoms with Crippen molar-refractivity contribution in [2.24, 2.45) is 5.92 Å². The predicted molar refractivity (Wildman–Crippen MR) is 83.1 cm³/mol. The van der Waals surface area contributed by atoms with Crippen LogP contribution in [0, 0.1) is 5.92 Å². The summed E-state index contributed by atoms with van der Waals surface area (Å²) in [6.07, 6.45) is 2.51. The van der Waals surface area contributed by atoms with Gasteiger partial charge in [-0.1, -0.05) is 36.2 Å². The lowest BCUT2D eigenvalue weighted by molar-refractivity contribution is 0.120. The number of rotatable bonds is 4. The number of likely N-dealkylation sites (tertiary alicyclic amines) is 1. The van der Waals surface area contributed by atoms with E-state index in [1.807, 2.05) is 12.1 Å². The minimum Gasteiger partial charge on any atom is -0.317 e. The fraction of sp³-hybridized carbons (Fsp3) is 0.600. The highest BCUT2D eigenvalue weighted by Crippen LogP contribution is 2.38. The van der Waals surface area contributed by atoms with Crippen LogP contribution in [0.25, 0.3) is 0 Å². The smallest absolute Gasteiger partial charge is 0.0468 e. The second kappa shape index (κ2) is 6.94. The molecule has 0 bridgehead atoms. The third-order valence-corrected chi connectivity index (χ3v) is 4.51. The molecule has 4 heteroatoms. The van der Waals surface area contributed by atoms with Gasteiger partial charge in [0.05, 0.1) is 0 Å². The summed E-state index contributed by atoms with van der Waals surface area (Å²) >= 11 is 12.4. The monoisotopic (exact) mass is 300 g/mol. The van der Waals surface area contributed by atoms with Crippen LogP contribution in [0.1, 0.15) is 31.4 Å². The maximum Gasteiger partial charge on any atom is 0.0468 e. The van der Waals surface area contributed by atoms with E-state index >= 15 is 0 Å². The normalized spacial score (nSPS) is 24.6. The molecule has 1 saturated heterocycles. The Bertz CT molecular complexity index is 423. The van der Waals surface area contributed by atoms with Gasteiger partial charge in [0.2, 0.25) is 0 Å². The Morgan fingerprint density at radius 3 is 2.84 bits per heavy atom. The Hall–Kier alpha value is -0.280. The highest BCUT2D eigenvalue weighted by atomic mass is 35.5. The van der Waals surface area contributed by atoms with Gasteiger partial charge in [-0.2, -0.15) is 0 Å². The van der Waals surface area contributed by atoms with Gasteiger partial charge in [-0.15, -0.1) is 0 Å². The first-order valence-corrected chi connectivity index (χ1v) is 7.75. The van der Waals surface area contributed by atoms with Crippen LogP contribution in [-0.2, 0) is 0 Å². The molecule has 0 aliphatic carbocycles. The lowest BCUT2D eigenvalue weighted by Crippen LogP contribution is -2.40. The van der Waals surface area contributed by atoms with E-state index in [1.165, 1.54) is 18.4 Å². The Morgan fingerprint density at radius 1 is 1.37 bits per heavy atom. The van der Waals surface area contributed by atoms with Gasteiger partial charge >= 0.3 is 0 Å². The molecule has 0 saturated carbocycles. The minimum atomic E-state index is 0.387. The van der Waals surface area contributed by atoms with E-state index in [4.69, 9.17) is 23.2 Å². The van der Waals surface area contributed by atoms with Gasteiger partial charge in [0.25, 0.3) is 0 Å². The van der Waals surface area contributed by atoms with Crippen LogP contribution in [0.3, 0.4) is 0 Å². The summed E-state index contributed by atoms with van der Waals surface area (Å²) in [7, 11) is 2.19. The molecule has 2 nitrogen and oxygen atoms in total. The minimum absolute atomic E-state index is 0.387. The van der Waals surface area contributed by atoms with Gasteiger partial charge in [-0.25, -0.2) is 0 Å². The Balaban J connectivity index is 2.25. The zero-order chi connectivity index (χ0) is 13.8. The van der Waals surface area contributed by atoms with Crippen molar-refractivity contribution in [1.82, 2.24) is 10.2 Å². The predicted octanol–water partition coefficient (Wildman–Crippen LogP) is 3.99. The molecule has 0 aromatic heterocycles. The van der Waals surface area contributed by atoms with Crippen molar-refractivity contribution < 1.29 is 0 Å². The Morgan fingerprint density at radius 2 is 2.16 bits per heavy atom. The van der Waals surface area contributed by atoms with Gasteiger partial charge in [0.1, 0.15) is 0 Å². The van der Waals surface area contributed by atoms with Crippen molar-refractivity contribution in [1.29, 1.82) is 0 Å². The number of hydrogen-bond donors (Lipinski definition) is 1. The largest absolute Gasteiger partial charge is 0.317 e. The number of benzene rings is 1.